The molecule has 7 heteroatoms. The maximum atomic E-state index is 11.7. The van der Waals surface area contributed by atoms with Crippen molar-refractivity contribution < 1.29 is 14.3 Å². The molecule has 1 aliphatic rings. The number of hydrogen-bond acceptors (Lipinski definition) is 4. The maximum Gasteiger partial charge on any atom is 0.356 e. The van der Waals surface area contributed by atoms with E-state index in [1.54, 1.807) is 18.2 Å². The number of carbonyl (C=O) groups is 2. The number of hydrogen-bond donors (Lipinski definition) is 2. The van der Waals surface area contributed by atoms with Crippen LogP contribution in [0.15, 0.2) is 30.0 Å². The van der Waals surface area contributed by atoms with Crippen LogP contribution in [0.25, 0.3) is 0 Å². The first-order valence-corrected chi connectivity index (χ1v) is 6.18. The Morgan fingerprint density at radius 1 is 1.26 bits per heavy atom. The molecule has 1 aromatic carbocycles. The van der Waals surface area contributed by atoms with Gasteiger partial charge in [-0.15, -0.1) is 0 Å². The third-order valence-corrected chi connectivity index (χ3v) is 3.17. The van der Waals surface area contributed by atoms with Gasteiger partial charge in [-0.1, -0.05) is 29.3 Å². The van der Waals surface area contributed by atoms with Gasteiger partial charge in [0, 0.05) is 22.0 Å². The van der Waals surface area contributed by atoms with E-state index in [9.17, 15) is 9.59 Å². The molecule has 1 heterocycles. The Bertz CT molecular complexity index is 538. The summed E-state index contributed by atoms with van der Waals surface area (Å²) in [5.41, 5.74) is 5.50. The second-order valence-electron chi connectivity index (χ2n) is 3.77. The Labute approximate surface area is 119 Å². The number of amides is 1. The molecule has 1 amide bonds. The zero-order chi connectivity index (χ0) is 13.8. The van der Waals surface area contributed by atoms with Crippen LogP contribution in [-0.4, -0.2) is 11.9 Å². The van der Waals surface area contributed by atoms with E-state index in [4.69, 9.17) is 27.9 Å². The fourth-order valence-corrected chi connectivity index (χ4v) is 1.96. The second kappa shape index (κ2) is 5.95. The van der Waals surface area contributed by atoms with Gasteiger partial charge in [-0.25, -0.2) is 4.79 Å². The molecule has 0 saturated carbocycles. The van der Waals surface area contributed by atoms with Crippen molar-refractivity contribution in [3.63, 3.8) is 0 Å². The van der Waals surface area contributed by atoms with E-state index >= 15 is 0 Å². The first-order valence-electron chi connectivity index (χ1n) is 5.43. The number of rotatable bonds is 3. The predicted octanol–water partition coefficient (Wildman–Crippen LogP) is 1.94. The third-order valence-electron chi connectivity index (χ3n) is 2.46. The van der Waals surface area contributed by atoms with Crippen LogP contribution in [0.4, 0.5) is 0 Å². The van der Waals surface area contributed by atoms with Crippen LogP contribution in [0.5, 0.6) is 0 Å². The highest BCUT2D eigenvalue weighted by molar-refractivity contribution is 6.35. The van der Waals surface area contributed by atoms with Crippen molar-refractivity contribution in [3.05, 3.63) is 45.6 Å². The van der Waals surface area contributed by atoms with Crippen molar-refractivity contribution in [1.82, 2.24) is 10.9 Å². The lowest BCUT2D eigenvalue weighted by atomic mass is 10.2. The molecule has 1 aromatic rings. The monoisotopic (exact) mass is 300 g/mol. The summed E-state index contributed by atoms with van der Waals surface area (Å²) in [7, 11) is 0. The molecule has 0 radical (unpaired) electrons. The number of carbonyl (C=O) groups excluding carboxylic acids is 2. The fourth-order valence-electron chi connectivity index (χ4n) is 1.45. The fraction of sp³-hybridized carbons (Fsp3) is 0.167. The third kappa shape index (κ3) is 3.39. The van der Waals surface area contributed by atoms with E-state index in [1.165, 1.54) is 6.08 Å². The minimum absolute atomic E-state index is 0.0374. The molecule has 0 bridgehead atoms. The van der Waals surface area contributed by atoms with Crippen LogP contribution in [0, 0.1) is 0 Å². The molecule has 0 saturated heterocycles. The van der Waals surface area contributed by atoms with Crippen LogP contribution < -0.4 is 10.9 Å². The zero-order valence-corrected chi connectivity index (χ0v) is 11.2. The smallest absolute Gasteiger partial charge is 0.356 e. The SMILES string of the molecule is O=C1CC=C(C(=O)OCc2c(Cl)cccc2Cl)NN1. The Morgan fingerprint density at radius 3 is 2.53 bits per heavy atom. The molecule has 0 spiro atoms. The van der Waals surface area contributed by atoms with Crippen molar-refractivity contribution in [2.24, 2.45) is 0 Å². The predicted molar refractivity (Wildman–Crippen MR) is 70.2 cm³/mol. The van der Waals surface area contributed by atoms with Crippen LogP contribution in [0.1, 0.15) is 12.0 Å². The van der Waals surface area contributed by atoms with Crippen LogP contribution in [0.2, 0.25) is 10.0 Å². The lowest BCUT2D eigenvalue weighted by Crippen LogP contribution is -2.42. The summed E-state index contributed by atoms with van der Waals surface area (Å²) in [6.07, 6.45) is 1.58. The summed E-state index contributed by atoms with van der Waals surface area (Å²) in [6, 6.07) is 5.03. The zero-order valence-electron chi connectivity index (χ0n) is 9.70. The summed E-state index contributed by atoms with van der Waals surface area (Å²) in [5.74, 6) is -0.804. The minimum Gasteiger partial charge on any atom is -0.456 e. The Balaban J connectivity index is 1.99. The van der Waals surface area contributed by atoms with E-state index in [0.717, 1.165) is 0 Å². The molecule has 5 nitrogen and oxygen atoms in total. The molecule has 2 N–H and O–H groups in total. The molecule has 100 valence electrons. The van der Waals surface area contributed by atoms with Gasteiger partial charge in [-0.05, 0) is 18.2 Å². The van der Waals surface area contributed by atoms with Crippen molar-refractivity contribution in [2.45, 2.75) is 13.0 Å². The van der Waals surface area contributed by atoms with Crippen molar-refractivity contribution in [3.8, 4) is 0 Å². The molecule has 0 aliphatic carbocycles. The van der Waals surface area contributed by atoms with Gasteiger partial charge >= 0.3 is 5.97 Å². The number of nitrogens with one attached hydrogen (secondary N) is 2. The van der Waals surface area contributed by atoms with Gasteiger partial charge in [-0.2, -0.15) is 0 Å². The number of esters is 1. The molecular weight excluding hydrogens is 291 g/mol. The molecule has 19 heavy (non-hydrogen) atoms. The van der Waals surface area contributed by atoms with Crippen molar-refractivity contribution in [2.75, 3.05) is 0 Å². The van der Waals surface area contributed by atoms with Gasteiger partial charge in [0.05, 0.1) is 0 Å². The minimum atomic E-state index is -0.587. The maximum absolute atomic E-state index is 11.7. The number of benzene rings is 1. The highest BCUT2D eigenvalue weighted by Crippen LogP contribution is 2.25. The largest absolute Gasteiger partial charge is 0.456 e. The summed E-state index contributed by atoms with van der Waals surface area (Å²) >= 11 is 11.9. The summed E-state index contributed by atoms with van der Waals surface area (Å²) < 4.78 is 5.07. The van der Waals surface area contributed by atoms with Crippen LogP contribution >= 0.6 is 23.2 Å². The summed E-state index contributed by atoms with van der Waals surface area (Å²) in [5, 5.41) is 0.860. The topological polar surface area (TPSA) is 67.4 Å². The lowest BCUT2D eigenvalue weighted by molar-refractivity contribution is -0.141. The quantitative estimate of drug-likeness (QED) is 0.837. The standard InChI is InChI=1S/C12H10Cl2N2O3/c13-8-2-1-3-9(14)7(8)6-19-12(18)10-4-5-11(17)16-15-10/h1-4,15H,5-6H2,(H,16,17). The van der Waals surface area contributed by atoms with Gasteiger partial charge in [0.25, 0.3) is 0 Å². The molecular formula is C12H10Cl2N2O3. The number of hydrazine groups is 1. The van der Waals surface area contributed by atoms with E-state index in [1.807, 2.05) is 0 Å². The van der Waals surface area contributed by atoms with Gasteiger partial charge in [-0.3, -0.25) is 15.6 Å². The van der Waals surface area contributed by atoms with E-state index in [-0.39, 0.29) is 24.6 Å². The highest BCUT2D eigenvalue weighted by atomic mass is 35.5. The first kappa shape index (κ1) is 13.7. The highest BCUT2D eigenvalue weighted by Gasteiger charge is 2.17. The van der Waals surface area contributed by atoms with Gasteiger partial charge in [0.15, 0.2) is 0 Å². The molecule has 2 rings (SSSR count). The van der Waals surface area contributed by atoms with E-state index in [0.29, 0.717) is 15.6 Å². The summed E-state index contributed by atoms with van der Waals surface area (Å²) in [6.45, 7) is -0.0374. The van der Waals surface area contributed by atoms with Crippen LogP contribution in [-0.2, 0) is 20.9 Å². The first-order chi connectivity index (χ1) is 9.08. The molecule has 0 fully saturated rings. The normalized spacial score (nSPS) is 14.2. The van der Waals surface area contributed by atoms with Crippen molar-refractivity contribution in [1.29, 1.82) is 0 Å². The van der Waals surface area contributed by atoms with E-state index in [2.05, 4.69) is 10.9 Å². The Kier molecular flexibility index (Phi) is 4.29. The van der Waals surface area contributed by atoms with Crippen molar-refractivity contribution >= 4 is 35.1 Å². The molecule has 0 atom stereocenters. The van der Waals surface area contributed by atoms with Gasteiger partial charge < -0.3 is 4.74 Å². The molecule has 1 aliphatic heterocycles. The van der Waals surface area contributed by atoms with Gasteiger partial charge in [0.1, 0.15) is 12.3 Å². The Hall–Kier alpha value is -1.72. The number of ether oxygens (including phenoxy) is 1. The number of halogens is 2. The second-order valence-corrected chi connectivity index (χ2v) is 4.59. The lowest BCUT2D eigenvalue weighted by Gasteiger charge is -2.15. The molecule has 0 unspecified atom stereocenters. The molecule has 0 aromatic heterocycles. The van der Waals surface area contributed by atoms with Crippen LogP contribution in [0.3, 0.4) is 0 Å². The average Bonchev–Trinajstić information content (AvgIpc) is 2.38. The summed E-state index contributed by atoms with van der Waals surface area (Å²) in [4.78, 5) is 22.6. The Morgan fingerprint density at radius 2 is 1.95 bits per heavy atom. The van der Waals surface area contributed by atoms with Gasteiger partial charge in [0.2, 0.25) is 5.91 Å². The average molecular weight is 301 g/mol. The van der Waals surface area contributed by atoms with E-state index < -0.39 is 5.97 Å².